The molecule has 2 nitrogen and oxygen atoms in total. The monoisotopic (exact) mass is 253 g/mol. The van der Waals surface area contributed by atoms with Gasteiger partial charge < -0.3 is 5.32 Å². The summed E-state index contributed by atoms with van der Waals surface area (Å²) >= 11 is 5.71. The van der Waals surface area contributed by atoms with Crippen molar-refractivity contribution < 1.29 is 4.79 Å². The summed E-state index contributed by atoms with van der Waals surface area (Å²) in [6.07, 6.45) is 3.09. The van der Waals surface area contributed by atoms with Crippen LogP contribution in [0.25, 0.3) is 0 Å². The third-order valence-electron chi connectivity index (χ3n) is 2.84. The van der Waals surface area contributed by atoms with Gasteiger partial charge in [-0.2, -0.15) is 0 Å². The molecular weight excluding hydrogens is 234 g/mol. The predicted molar refractivity (Wildman–Crippen MR) is 72.5 cm³/mol. The summed E-state index contributed by atoms with van der Waals surface area (Å²) in [7, 11) is 0. The number of alkyl halides is 1. The lowest BCUT2D eigenvalue weighted by atomic mass is 10.1. The van der Waals surface area contributed by atoms with Crippen LogP contribution in [0.4, 0.5) is 0 Å². The second kappa shape index (κ2) is 7.33. The first-order valence-corrected chi connectivity index (χ1v) is 6.70. The van der Waals surface area contributed by atoms with Gasteiger partial charge in [0.1, 0.15) is 0 Å². The number of hydrogen-bond donors (Lipinski definition) is 1. The highest BCUT2D eigenvalue weighted by atomic mass is 35.5. The van der Waals surface area contributed by atoms with Crippen molar-refractivity contribution in [2.45, 2.75) is 45.0 Å². The van der Waals surface area contributed by atoms with Gasteiger partial charge in [0.25, 0.3) is 5.91 Å². The summed E-state index contributed by atoms with van der Waals surface area (Å²) in [5.74, 6) is 0.487. The van der Waals surface area contributed by atoms with Crippen LogP contribution in [0.2, 0.25) is 0 Å². The second-order valence-corrected chi connectivity index (χ2v) is 4.47. The number of carbonyl (C=O) groups is 1. The maximum Gasteiger partial charge on any atom is 0.251 e. The Kier molecular flexibility index (Phi) is 6.06. The Balaban J connectivity index is 2.62. The average Bonchev–Trinajstić information content (AvgIpc) is 2.38. The van der Waals surface area contributed by atoms with Gasteiger partial charge in [-0.1, -0.05) is 32.4 Å². The summed E-state index contributed by atoms with van der Waals surface area (Å²) in [6.45, 7) is 4.22. The van der Waals surface area contributed by atoms with Crippen LogP contribution in [0.15, 0.2) is 24.3 Å². The molecule has 1 amide bonds. The molecule has 1 aromatic rings. The van der Waals surface area contributed by atoms with Gasteiger partial charge in [-0.3, -0.25) is 4.79 Å². The number of halogens is 1. The van der Waals surface area contributed by atoms with E-state index in [4.69, 9.17) is 11.6 Å². The summed E-state index contributed by atoms with van der Waals surface area (Å²) in [5, 5.41) is 3.05. The van der Waals surface area contributed by atoms with E-state index in [0.29, 0.717) is 11.4 Å². The normalized spacial score (nSPS) is 12.2. The Bertz CT molecular complexity index is 348. The minimum atomic E-state index is 0.00595. The number of amides is 1. The van der Waals surface area contributed by atoms with Gasteiger partial charge in [-0.05, 0) is 30.5 Å². The van der Waals surface area contributed by atoms with Crippen LogP contribution < -0.4 is 5.32 Å². The minimum absolute atomic E-state index is 0.00595. The zero-order valence-corrected chi connectivity index (χ0v) is 11.3. The molecule has 1 aromatic carbocycles. The SMILES string of the molecule is CCCC(CC)NC(=O)c1ccc(CCl)cc1. The van der Waals surface area contributed by atoms with Gasteiger partial charge in [-0.15, -0.1) is 11.6 Å². The fourth-order valence-electron chi connectivity index (χ4n) is 1.74. The Labute approximate surface area is 108 Å². The topological polar surface area (TPSA) is 29.1 Å². The van der Waals surface area contributed by atoms with Crippen molar-refractivity contribution in [2.75, 3.05) is 0 Å². The fourth-order valence-corrected chi connectivity index (χ4v) is 1.92. The molecule has 0 bridgehead atoms. The highest BCUT2D eigenvalue weighted by Crippen LogP contribution is 2.08. The summed E-state index contributed by atoms with van der Waals surface area (Å²) in [4.78, 5) is 11.9. The Morgan fingerprint density at radius 3 is 2.41 bits per heavy atom. The van der Waals surface area contributed by atoms with Gasteiger partial charge in [0.2, 0.25) is 0 Å². The zero-order chi connectivity index (χ0) is 12.7. The van der Waals surface area contributed by atoms with Crippen molar-refractivity contribution in [1.29, 1.82) is 0 Å². The molecular formula is C14H20ClNO. The molecule has 3 heteroatoms. The van der Waals surface area contributed by atoms with E-state index in [0.717, 1.165) is 24.8 Å². The van der Waals surface area contributed by atoms with Crippen LogP contribution in [0, 0.1) is 0 Å². The van der Waals surface area contributed by atoms with E-state index in [1.165, 1.54) is 0 Å². The Morgan fingerprint density at radius 1 is 1.29 bits per heavy atom. The molecule has 0 spiro atoms. The standard InChI is InChI=1S/C14H20ClNO/c1-3-5-13(4-2)16-14(17)12-8-6-11(10-15)7-9-12/h6-9,13H,3-5,10H2,1-2H3,(H,16,17). The van der Waals surface area contributed by atoms with Gasteiger partial charge in [0.15, 0.2) is 0 Å². The molecule has 0 radical (unpaired) electrons. The predicted octanol–water partition coefficient (Wildman–Crippen LogP) is 3.73. The number of nitrogens with one attached hydrogen (secondary N) is 1. The molecule has 0 saturated carbocycles. The van der Waals surface area contributed by atoms with E-state index in [1.807, 2.05) is 24.3 Å². The van der Waals surface area contributed by atoms with E-state index in [9.17, 15) is 4.79 Å². The van der Waals surface area contributed by atoms with Gasteiger partial charge >= 0.3 is 0 Å². The van der Waals surface area contributed by atoms with Crippen molar-refractivity contribution in [3.63, 3.8) is 0 Å². The van der Waals surface area contributed by atoms with E-state index in [-0.39, 0.29) is 11.9 Å². The first-order chi connectivity index (χ1) is 8.21. The average molecular weight is 254 g/mol. The van der Waals surface area contributed by atoms with Gasteiger partial charge in [0, 0.05) is 17.5 Å². The minimum Gasteiger partial charge on any atom is -0.349 e. The van der Waals surface area contributed by atoms with Crippen LogP contribution in [-0.2, 0) is 5.88 Å². The maximum absolute atomic E-state index is 11.9. The molecule has 0 fully saturated rings. The molecule has 0 aliphatic rings. The number of rotatable bonds is 6. The molecule has 1 rings (SSSR count). The lowest BCUT2D eigenvalue weighted by molar-refractivity contribution is 0.0933. The molecule has 0 aromatic heterocycles. The first kappa shape index (κ1) is 14.0. The molecule has 0 heterocycles. The molecule has 1 N–H and O–H groups in total. The third kappa shape index (κ3) is 4.39. The molecule has 0 aliphatic carbocycles. The zero-order valence-electron chi connectivity index (χ0n) is 10.5. The third-order valence-corrected chi connectivity index (χ3v) is 3.14. The lowest BCUT2D eigenvalue weighted by Gasteiger charge is -2.16. The summed E-state index contributed by atoms with van der Waals surface area (Å²) < 4.78 is 0. The van der Waals surface area contributed by atoms with Crippen molar-refractivity contribution in [1.82, 2.24) is 5.32 Å². The maximum atomic E-state index is 11.9. The van der Waals surface area contributed by atoms with Crippen molar-refractivity contribution >= 4 is 17.5 Å². The van der Waals surface area contributed by atoms with E-state index in [1.54, 1.807) is 0 Å². The van der Waals surface area contributed by atoms with E-state index >= 15 is 0 Å². The van der Waals surface area contributed by atoms with Crippen LogP contribution in [0.1, 0.15) is 49.0 Å². The summed E-state index contributed by atoms with van der Waals surface area (Å²) in [5.41, 5.74) is 1.73. The van der Waals surface area contributed by atoms with Crippen LogP contribution in [0.5, 0.6) is 0 Å². The molecule has 1 atom stereocenters. The largest absolute Gasteiger partial charge is 0.349 e. The molecule has 17 heavy (non-hydrogen) atoms. The Morgan fingerprint density at radius 2 is 1.94 bits per heavy atom. The van der Waals surface area contributed by atoms with Crippen molar-refractivity contribution in [3.8, 4) is 0 Å². The Hall–Kier alpha value is -1.02. The van der Waals surface area contributed by atoms with E-state index in [2.05, 4.69) is 19.2 Å². The molecule has 0 aliphatic heterocycles. The van der Waals surface area contributed by atoms with Crippen LogP contribution in [-0.4, -0.2) is 11.9 Å². The number of hydrogen-bond acceptors (Lipinski definition) is 1. The first-order valence-electron chi connectivity index (χ1n) is 6.17. The molecule has 0 saturated heterocycles. The molecule has 1 unspecified atom stereocenters. The van der Waals surface area contributed by atoms with Crippen LogP contribution >= 0.6 is 11.6 Å². The quantitative estimate of drug-likeness (QED) is 0.769. The smallest absolute Gasteiger partial charge is 0.251 e. The lowest BCUT2D eigenvalue weighted by Crippen LogP contribution is -2.34. The summed E-state index contributed by atoms with van der Waals surface area (Å²) in [6, 6.07) is 7.71. The number of carbonyl (C=O) groups excluding carboxylic acids is 1. The highest BCUT2D eigenvalue weighted by molar-refractivity contribution is 6.17. The van der Waals surface area contributed by atoms with Crippen molar-refractivity contribution in [2.24, 2.45) is 0 Å². The van der Waals surface area contributed by atoms with Crippen molar-refractivity contribution in [3.05, 3.63) is 35.4 Å². The second-order valence-electron chi connectivity index (χ2n) is 4.20. The van der Waals surface area contributed by atoms with Gasteiger partial charge in [-0.25, -0.2) is 0 Å². The van der Waals surface area contributed by atoms with E-state index < -0.39 is 0 Å². The fraction of sp³-hybridized carbons (Fsp3) is 0.500. The van der Waals surface area contributed by atoms with Gasteiger partial charge in [0.05, 0.1) is 0 Å². The molecule has 94 valence electrons. The number of benzene rings is 1. The van der Waals surface area contributed by atoms with Crippen LogP contribution in [0.3, 0.4) is 0 Å². The highest BCUT2D eigenvalue weighted by Gasteiger charge is 2.10.